The first kappa shape index (κ1) is 15.2. The Bertz CT molecular complexity index is 612. The van der Waals surface area contributed by atoms with Crippen LogP contribution in [0, 0.1) is 5.92 Å². The minimum absolute atomic E-state index is 0.0768. The SMILES string of the molecule is NC(=NO)C1CCN(S(=O)(=O)c2cncc(Br)c2)CC1. The van der Waals surface area contributed by atoms with Crippen molar-refractivity contribution in [2.45, 2.75) is 17.7 Å². The van der Waals surface area contributed by atoms with Crippen molar-refractivity contribution in [2.24, 2.45) is 16.8 Å². The Morgan fingerprint density at radius 2 is 2.10 bits per heavy atom. The molecular weight excluding hydrogens is 348 g/mol. The Labute approximate surface area is 125 Å². The second-order valence-corrected chi connectivity index (χ2v) is 7.40. The molecule has 1 aliphatic rings. The Morgan fingerprint density at radius 1 is 1.45 bits per heavy atom. The largest absolute Gasteiger partial charge is 0.409 e. The predicted molar refractivity (Wildman–Crippen MR) is 76.8 cm³/mol. The molecular formula is C11H15BrN4O3S. The second kappa shape index (κ2) is 6.06. The zero-order valence-electron chi connectivity index (χ0n) is 10.6. The summed E-state index contributed by atoms with van der Waals surface area (Å²) >= 11 is 3.21. The first-order chi connectivity index (χ1) is 9.45. The van der Waals surface area contributed by atoms with E-state index in [9.17, 15) is 8.42 Å². The van der Waals surface area contributed by atoms with Gasteiger partial charge in [0.1, 0.15) is 10.7 Å². The molecule has 7 nitrogen and oxygen atoms in total. The smallest absolute Gasteiger partial charge is 0.244 e. The van der Waals surface area contributed by atoms with Crippen LogP contribution in [0.15, 0.2) is 33.0 Å². The number of nitrogens with two attached hydrogens (primary N) is 1. The molecule has 0 aromatic carbocycles. The van der Waals surface area contributed by atoms with Crippen molar-refractivity contribution in [1.29, 1.82) is 0 Å². The van der Waals surface area contributed by atoms with E-state index in [1.54, 1.807) is 0 Å². The monoisotopic (exact) mass is 362 g/mol. The van der Waals surface area contributed by atoms with Crippen molar-refractivity contribution < 1.29 is 13.6 Å². The molecule has 1 fully saturated rings. The second-order valence-electron chi connectivity index (χ2n) is 4.54. The van der Waals surface area contributed by atoms with Crippen LogP contribution in [0.5, 0.6) is 0 Å². The maximum absolute atomic E-state index is 12.4. The molecule has 0 amide bonds. The van der Waals surface area contributed by atoms with E-state index in [0.717, 1.165) is 0 Å². The Balaban J connectivity index is 2.14. The highest BCUT2D eigenvalue weighted by Gasteiger charge is 2.31. The van der Waals surface area contributed by atoms with Crippen molar-refractivity contribution in [3.05, 3.63) is 22.9 Å². The van der Waals surface area contributed by atoms with Gasteiger partial charge in [-0.2, -0.15) is 4.31 Å². The first-order valence-electron chi connectivity index (χ1n) is 6.03. The molecule has 0 atom stereocenters. The standard InChI is InChI=1S/C11H15BrN4O3S/c12-9-5-10(7-14-6-9)20(18,19)16-3-1-8(2-4-16)11(13)15-17/h5-8,17H,1-4H2,(H2,13,15). The van der Waals surface area contributed by atoms with Crippen molar-refractivity contribution >= 4 is 31.8 Å². The van der Waals surface area contributed by atoms with Crippen LogP contribution in [0.25, 0.3) is 0 Å². The van der Waals surface area contributed by atoms with E-state index < -0.39 is 10.0 Å². The molecule has 0 radical (unpaired) electrons. The molecule has 3 N–H and O–H groups in total. The number of piperidine rings is 1. The van der Waals surface area contributed by atoms with Crippen LogP contribution in [0.3, 0.4) is 0 Å². The van der Waals surface area contributed by atoms with Gasteiger partial charge in [-0.25, -0.2) is 8.42 Å². The molecule has 0 unspecified atom stereocenters. The average molecular weight is 363 g/mol. The molecule has 0 saturated carbocycles. The van der Waals surface area contributed by atoms with Crippen LogP contribution in [0.2, 0.25) is 0 Å². The third kappa shape index (κ3) is 3.10. The fourth-order valence-electron chi connectivity index (χ4n) is 2.16. The molecule has 20 heavy (non-hydrogen) atoms. The fraction of sp³-hybridized carbons (Fsp3) is 0.455. The highest BCUT2D eigenvalue weighted by Crippen LogP contribution is 2.24. The lowest BCUT2D eigenvalue weighted by molar-refractivity contribution is 0.291. The van der Waals surface area contributed by atoms with Crippen molar-refractivity contribution in [2.75, 3.05) is 13.1 Å². The molecule has 2 rings (SSSR count). The summed E-state index contributed by atoms with van der Waals surface area (Å²) in [7, 11) is -3.54. The molecule has 0 aliphatic carbocycles. The van der Waals surface area contributed by atoms with Gasteiger partial charge in [-0.05, 0) is 34.8 Å². The summed E-state index contributed by atoms with van der Waals surface area (Å²) < 4.78 is 26.9. The van der Waals surface area contributed by atoms with Crippen LogP contribution in [-0.2, 0) is 10.0 Å². The van der Waals surface area contributed by atoms with Crippen molar-refractivity contribution in [3.8, 4) is 0 Å². The number of amidine groups is 1. The number of hydrogen-bond acceptors (Lipinski definition) is 5. The zero-order chi connectivity index (χ0) is 14.8. The Kier molecular flexibility index (Phi) is 4.61. The highest BCUT2D eigenvalue weighted by molar-refractivity contribution is 9.10. The average Bonchev–Trinajstić information content (AvgIpc) is 2.46. The molecule has 1 aromatic rings. The van der Waals surface area contributed by atoms with Gasteiger partial charge in [-0.1, -0.05) is 5.16 Å². The van der Waals surface area contributed by atoms with Gasteiger partial charge in [0.15, 0.2) is 0 Å². The Morgan fingerprint density at radius 3 is 2.65 bits per heavy atom. The molecule has 1 aromatic heterocycles. The first-order valence-corrected chi connectivity index (χ1v) is 8.26. The van der Waals surface area contributed by atoms with Gasteiger partial charge in [0, 0.05) is 35.9 Å². The van der Waals surface area contributed by atoms with Gasteiger partial charge in [-0.15, -0.1) is 0 Å². The summed E-state index contributed by atoms with van der Waals surface area (Å²) in [6.45, 7) is 0.686. The van der Waals surface area contributed by atoms with Crippen LogP contribution >= 0.6 is 15.9 Å². The zero-order valence-corrected chi connectivity index (χ0v) is 13.0. The van der Waals surface area contributed by atoms with Gasteiger partial charge in [-0.3, -0.25) is 4.98 Å². The van der Waals surface area contributed by atoms with E-state index in [2.05, 4.69) is 26.1 Å². The summed E-state index contributed by atoms with van der Waals surface area (Å²) in [5.41, 5.74) is 5.55. The Hall–Kier alpha value is -1.19. The molecule has 2 heterocycles. The number of pyridine rings is 1. The molecule has 1 saturated heterocycles. The third-order valence-electron chi connectivity index (χ3n) is 3.31. The third-order valence-corrected chi connectivity index (χ3v) is 5.60. The maximum atomic E-state index is 12.4. The molecule has 0 bridgehead atoms. The number of halogens is 1. The molecule has 9 heteroatoms. The van der Waals surface area contributed by atoms with E-state index >= 15 is 0 Å². The predicted octanol–water partition coefficient (Wildman–Crippen LogP) is 0.991. The highest BCUT2D eigenvalue weighted by atomic mass is 79.9. The summed E-state index contributed by atoms with van der Waals surface area (Å²) in [6, 6.07) is 1.53. The minimum Gasteiger partial charge on any atom is -0.409 e. The van der Waals surface area contributed by atoms with Crippen LogP contribution < -0.4 is 5.73 Å². The summed E-state index contributed by atoms with van der Waals surface area (Å²) in [6.07, 6.45) is 3.94. The summed E-state index contributed by atoms with van der Waals surface area (Å²) in [5.74, 6) is 0.0817. The minimum atomic E-state index is -3.54. The summed E-state index contributed by atoms with van der Waals surface area (Å²) in [5, 5.41) is 11.6. The van der Waals surface area contributed by atoms with E-state index in [1.165, 1.54) is 22.8 Å². The number of hydrogen-bond donors (Lipinski definition) is 2. The van der Waals surface area contributed by atoms with E-state index in [0.29, 0.717) is 30.4 Å². The van der Waals surface area contributed by atoms with Crippen LogP contribution in [0.1, 0.15) is 12.8 Å². The molecule has 1 aliphatic heterocycles. The van der Waals surface area contributed by atoms with Gasteiger partial charge in [0.05, 0.1) is 0 Å². The van der Waals surface area contributed by atoms with E-state index in [1.807, 2.05) is 0 Å². The lowest BCUT2D eigenvalue weighted by Crippen LogP contribution is -2.41. The number of aromatic nitrogens is 1. The topological polar surface area (TPSA) is 109 Å². The quantitative estimate of drug-likeness (QED) is 0.360. The van der Waals surface area contributed by atoms with Crippen molar-refractivity contribution in [3.63, 3.8) is 0 Å². The van der Waals surface area contributed by atoms with E-state index in [4.69, 9.17) is 10.9 Å². The maximum Gasteiger partial charge on any atom is 0.244 e. The van der Waals surface area contributed by atoms with Crippen LogP contribution in [0.4, 0.5) is 0 Å². The van der Waals surface area contributed by atoms with Gasteiger partial charge >= 0.3 is 0 Å². The normalized spacial score (nSPS) is 19.1. The fourth-order valence-corrected chi connectivity index (χ4v) is 4.13. The van der Waals surface area contributed by atoms with Crippen LogP contribution in [-0.4, -0.2) is 41.8 Å². The molecule has 110 valence electrons. The number of sulfonamides is 1. The van der Waals surface area contributed by atoms with Gasteiger partial charge in [0.2, 0.25) is 10.0 Å². The van der Waals surface area contributed by atoms with Gasteiger partial charge in [0.25, 0.3) is 0 Å². The number of rotatable bonds is 3. The van der Waals surface area contributed by atoms with E-state index in [-0.39, 0.29) is 16.6 Å². The van der Waals surface area contributed by atoms with Gasteiger partial charge < -0.3 is 10.9 Å². The lowest BCUT2D eigenvalue weighted by atomic mass is 9.97. The summed E-state index contributed by atoms with van der Waals surface area (Å²) in [4.78, 5) is 4.04. The lowest BCUT2D eigenvalue weighted by Gasteiger charge is -2.30. The molecule has 0 spiro atoms. The number of nitrogens with zero attached hydrogens (tertiary/aromatic N) is 3. The van der Waals surface area contributed by atoms with Crippen molar-refractivity contribution in [1.82, 2.24) is 9.29 Å². The number of oxime groups is 1.